The quantitative estimate of drug-likeness (QED) is 0.690. The molecule has 0 aromatic carbocycles. The second-order valence-corrected chi connectivity index (χ2v) is 5.15. The van der Waals surface area contributed by atoms with E-state index in [9.17, 15) is 4.79 Å². The third-order valence-electron chi connectivity index (χ3n) is 3.40. The first-order chi connectivity index (χ1) is 6.49. The number of ketones is 1. The van der Waals surface area contributed by atoms with Crippen molar-refractivity contribution in [1.29, 1.82) is 0 Å². The number of rotatable bonds is 4. The van der Waals surface area contributed by atoms with Crippen LogP contribution in [0.3, 0.4) is 0 Å². The van der Waals surface area contributed by atoms with Gasteiger partial charge in [-0.1, -0.05) is 26.7 Å². The van der Waals surface area contributed by atoms with Crippen molar-refractivity contribution in [2.75, 3.05) is 14.1 Å². The van der Waals surface area contributed by atoms with Crippen LogP contribution in [0.15, 0.2) is 0 Å². The molecule has 1 aliphatic rings. The van der Waals surface area contributed by atoms with Gasteiger partial charge in [0.15, 0.2) is 5.78 Å². The molecule has 1 saturated carbocycles. The largest absolute Gasteiger partial charge is 0.298 e. The van der Waals surface area contributed by atoms with Gasteiger partial charge in [-0.15, -0.1) is 0 Å². The zero-order valence-corrected chi connectivity index (χ0v) is 9.97. The van der Waals surface area contributed by atoms with Gasteiger partial charge in [-0.25, -0.2) is 0 Å². The van der Waals surface area contributed by atoms with Crippen LogP contribution in [0.25, 0.3) is 0 Å². The van der Waals surface area contributed by atoms with Crippen LogP contribution in [-0.4, -0.2) is 30.3 Å². The Balaban J connectivity index is 2.72. The molecule has 1 fully saturated rings. The van der Waals surface area contributed by atoms with Crippen LogP contribution in [0.2, 0.25) is 0 Å². The number of likely N-dealkylation sites (N-methyl/N-ethyl adjacent to an activating group) is 1. The minimum atomic E-state index is -0.121. The van der Waals surface area contributed by atoms with E-state index < -0.39 is 0 Å². The van der Waals surface area contributed by atoms with Crippen molar-refractivity contribution >= 4 is 5.78 Å². The number of carbonyl (C=O) groups is 1. The Morgan fingerprint density at radius 1 is 1.29 bits per heavy atom. The highest BCUT2D eigenvalue weighted by Gasteiger charge is 2.42. The maximum atomic E-state index is 12.2. The number of hydrogen-bond donors (Lipinski definition) is 0. The fraction of sp³-hybridized carbons (Fsp3) is 0.917. The molecule has 0 aromatic heterocycles. The van der Waals surface area contributed by atoms with Crippen molar-refractivity contribution < 1.29 is 4.79 Å². The van der Waals surface area contributed by atoms with Crippen LogP contribution in [0.5, 0.6) is 0 Å². The van der Waals surface area contributed by atoms with E-state index in [0.717, 1.165) is 19.3 Å². The molecule has 0 heterocycles. The molecule has 1 aliphatic carbocycles. The molecule has 0 amide bonds. The number of carbonyl (C=O) groups excluding carboxylic acids is 1. The molecule has 1 rings (SSSR count). The lowest BCUT2D eigenvalue weighted by molar-refractivity contribution is -0.130. The highest BCUT2D eigenvalue weighted by molar-refractivity contribution is 5.88. The summed E-state index contributed by atoms with van der Waals surface area (Å²) in [6.45, 7) is 4.24. The molecule has 0 aliphatic heterocycles. The lowest BCUT2D eigenvalue weighted by Gasteiger charge is -2.35. The summed E-state index contributed by atoms with van der Waals surface area (Å²) in [6, 6.07) is 0. The van der Waals surface area contributed by atoms with E-state index in [-0.39, 0.29) is 5.54 Å². The summed E-state index contributed by atoms with van der Waals surface area (Å²) < 4.78 is 0. The molecule has 0 aromatic rings. The van der Waals surface area contributed by atoms with E-state index in [1.165, 1.54) is 12.8 Å². The highest BCUT2D eigenvalue weighted by Crippen LogP contribution is 2.36. The predicted octanol–water partition coefficient (Wildman–Crippen LogP) is 2.48. The molecular weight excluding hydrogens is 174 g/mol. The number of Topliss-reactive ketones (excluding diaryl/α,β-unsaturated/α-hetero) is 1. The minimum Gasteiger partial charge on any atom is -0.298 e. The van der Waals surface area contributed by atoms with E-state index in [1.807, 2.05) is 14.1 Å². The average molecular weight is 197 g/mol. The normalized spacial score (nSPS) is 20.7. The van der Waals surface area contributed by atoms with E-state index in [4.69, 9.17) is 0 Å². The van der Waals surface area contributed by atoms with Crippen LogP contribution >= 0.6 is 0 Å². The molecule has 0 atom stereocenters. The predicted molar refractivity (Wildman–Crippen MR) is 59.3 cm³/mol. The smallest absolute Gasteiger partial charge is 0.153 e. The second-order valence-electron chi connectivity index (χ2n) is 5.15. The van der Waals surface area contributed by atoms with Gasteiger partial charge in [0.2, 0.25) is 0 Å². The van der Waals surface area contributed by atoms with Gasteiger partial charge in [0.25, 0.3) is 0 Å². The molecule has 2 nitrogen and oxygen atoms in total. The second kappa shape index (κ2) is 4.43. The molecule has 0 saturated heterocycles. The van der Waals surface area contributed by atoms with Crippen LogP contribution in [0.1, 0.15) is 46.0 Å². The summed E-state index contributed by atoms with van der Waals surface area (Å²) in [5.41, 5.74) is -0.121. The van der Waals surface area contributed by atoms with Crippen molar-refractivity contribution in [2.45, 2.75) is 51.5 Å². The van der Waals surface area contributed by atoms with Gasteiger partial charge in [-0.2, -0.15) is 0 Å². The number of hydrogen-bond acceptors (Lipinski definition) is 2. The third-order valence-corrected chi connectivity index (χ3v) is 3.40. The Morgan fingerprint density at radius 3 is 2.14 bits per heavy atom. The van der Waals surface area contributed by atoms with E-state index >= 15 is 0 Å². The van der Waals surface area contributed by atoms with Crippen LogP contribution in [0.4, 0.5) is 0 Å². The van der Waals surface area contributed by atoms with Gasteiger partial charge in [0.1, 0.15) is 0 Å². The molecule has 0 bridgehead atoms. The molecule has 82 valence electrons. The first kappa shape index (κ1) is 11.7. The molecule has 2 heteroatoms. The van der Waals surface area contributed by atoms with Gasteiger partial charge in [0, 0.05) is 6.42 Å². The maximum absolute atomic E-state index is 12.2. The minimum absolute atomic E-state index is 0.121. The van der Waals surface area contributed by atoms with Gasteiger partial charge in [-0.05, 0) is 32.9 Å². The summed E-state index contributed by atoms with van der Waals surface area (Å²) in [4.78, 5) is 14.3. The Hall–Kier alpha value is -0.370. The first-order valence-electron chi connectivity index (χ1n) is 5.70. The Labute approximate surface area is 87.7 Å². The summed E-state index contributed by atoms with van der Waals surface area (Å²) >= 11 is 0. The van der Waals surface area contributed by atoms with Crippen molar-refractivity contribution in [2.24, 2.45) is 5.92 Å². The van der Waals surface area contributed by atoms with E-state index in [1.54, 1.807) is 0 Å². The lowest BCUT2D eigenvalue weighted by atomic mass is 9.86. The molecule has 0 radical (unpaired) electrons. The van der Waals surface area contributed by atoms with Crippen LogP contribution in [0, 0.1) is 5.92 Å². The highest BCUT2D eigenvalue weighted by atomic mass is 16.1. The summed E-state index contributed by atoms with van der Waals surface area (Å²) in [5.74, 6) is 0.940. The zero-order valence-electron chi connectivity index (χ0n) is 9.97. The lowest BCUT2D eigenvalue weighted by Crippen LogP contribution is -2.49. The van der Waals surface area contributed by atoms with Crippen molar-refractivity contribution in [3.63, 3.8) is 0 Å². The topological polar surface area (TPSA) is 20.3 Å². The monoisotopic (exact) mass is 197 g/mol. The molecule has 0 unspecified atom stereocenters. The Kier molecular flexibility index (Phi) is 3.71. The SMILES string of the molecule is CC(C)CC(=O)C1(N(C)C)CCCC1. The number of nitrogens with zero attached hydrogens (tertiary/aromatic N) is 1. The summed E-state index contributed by atoms with van der Waals surface area (Å²) in [7, 11) is 4.09. The molecule has 14 heavy (non-hydrogen) atoms. The summed E-state index contributed by atoms with van der Waals surface area (Å²) in [5, 5.41) is 0. The van der Waals surface area contributed by atoms with E-state index in [2.05, 4.69) is 18.7 Å². The first-order valence-corrected chi connectivity index (χ1v) is 5.70. The van der Waals surface area contributed by atoms with Gasteiger partial charge >= 0.3 is 0 Å². The zero-order chi connectivity index (χ0) is 10.8. The van der Waals surface area contributed by atoms with Crippen molar-refractivity contribution in [3.05, 3.63) is 0 Å². The average Bonchev–Trinajstić information content (AvgIpc) is 2.51. The fourth-order valence-electron chi connectivity index (χ4n) is 2.50. The Bertz CT molecular complexity index is 202. The van der Waals surface area contributed by atoms with Crippen LogP contribution < -0.4 is 0 Å². The van der Waals surface area contributed by atoms with Gasteiger partial charge in [-0.3, -0.25) is 9.69 Å². The van der Waals surface area contributed by atoms with Crippen molar-refractivity contribution in [3.8, 4) is 0 Å². The van der Waals surface area contributed by atoms with Gasteiger partial charge in [0.05, 0.1) is 5.54 Å². The maximum Gasteiger partial charge on any atom is 0.153 e. The fourth-order valence-corrected chi connectivity index (χ4v) is 2.50. The third kappa shape index (κ3) is 2.17. The molecule has 0 spiro atoms. The van der Waals surface area contributed by atoms with Crippen molar-refractivity contribution in [1.82, 2.24) is 4.90 Å². The molecular formula is C12H23NO. The molecule has 0 N–H and O–H groups in total. The van der Waals surface area contributed by atoms with Gasteiger partial charge < -0.3 is 0 Å². The van der Waals surface area contributed by atoms with E-state index in [0.29, 0.717) is 11.7 Å². The standard InChI is InChI=1S/C12H23NO/c1-10(2)9-11(14)12(13(3)4)7-5-6-8-12/h10H,5-9H2,1-4H3. The van der Waals surface area contributed by atoms with Crippen LogP contribution in [-0.2, 0) is 4.79 Å². The summed E-state index contributed by atoms with van der Waals surface area (Å²) in [6.07, 6.45) is 5.28. The Morgan fingerprint density at radius 2 is 1.79 bits per heavy atom.